The van der Waals surface area contributed by atoms with Gasteiger partial charge in [-0.05, 0) is 49.6 Å². The number of hydrogen-bond acceptors (Lipinski definition) is 6. The van der Waals surface area contributed by atoms with Crippen LogP contribution in [0.5, 0.6) is 17.2 Å². The average Bonchev–Trinajstić information content (AvgIpc) is 3.28. The summed E-state index contributed by atoms with van der Waals surface area (Å²) in [7, 11) is -1.99. The highest BCUT2D eigenvalue weighted by molar-refractivity contribution is 7.92. The Bertz CT molecular complexity index is 1110. The molecular formula is C23H28N2O6S. The van der Waals surface area contributed by atoms with E-state index in [1.165, 1.54) is 7.11 Å². The molecule has 0 unspecified atom stereocenters. The molecule has 1 amide bonds. The molecule has 9 heteroatoms. The molecule has 0 bridgehead atoms. The number of carbonyl (C=O) groups is 1. The van der Waals surface area contributed by atoms with Crippen molar-refractivity contribution in [2.75, 3.05) is 29.7 Å². The second kappa shape index (κ2) is 8.90. The van der Waals surface area contributed by atoms with E-state index in [1.807, 2.05) is 18.2 Å². The molecule has 0 atom stereocenters. The molecule has 1 fully saturated rings. The number of amides is 1. The molecule has 8 nitrogen and oxygen atoms in total. The fourth-order valence-corrected chi connectivity index (χ4v) is 4.99. The largest absolute Gasteiger partial charge is 0.494 e. The van der Waals surface area contributed by atoms with E-state index in [4.69, 9.17) is 14.2 Å². The molecule has 1 heterocycles. The topological polar surface area (TPSA) is 103 Å². The summed E-state index contributed by atoms with van der Waals surface area (Å²) in [4.78, 5) is 13.6. The van der Waals surface area contributed by atoms with Crippen LogP contribution in [0.25, 0.3) is 0 Å². The maximum absolute atomic E-state index is 13.6. The fraction of sp³-hybridized carbons (Fsp3) is 0.435. The number of rotatable bonds is 7. The maximum atomic E-state index is 13.6. The number of hydrogen-bond donors (Lipinski definition) is 2. The Hall–Kier alpha value is -2.94. The molecule has 172 valence electrons. The van der Waals surface area contributed by atoms with Gasteiger partial charge in [0.2, 0.25) is 22.7 Å². The van der Waals surface area contributed by atoms with Crippen LogP contribution in [0.3, 0.4) is 0 Å². The number of benzene rings is 2. The summed E-state index contributed by atoms with van der Waals surface area (Å²) in [5.74, 6) is 1.54. The highest BCUT2D eigenvalue weighted by atomic mass is 32.2. The van der Waals surface area contributed by atoms with Crippen LogP contribution in [-0.4, -0.2) is 34.0 Å². The third-order valence-corrected chi connectivity index (χ3v) is 7.46. The van der Waals surface area contributed by atoms with Crippen LogP contribution in [0.15, 0.2) is 36.4 Å². The quantitative estimate of drug-likeness (QED) is 0.647. The van der Waals surface area contributed by atoms with Crippen molar-refractivity contribution in [1.29, 1.82) is 0 Å². The van der Waals surface area contributed by atoms with Gasteiger partial charge in [-0.2, -0.15) is 0 Å². The second-order valence-corrected chi connectivity index (χ2v) is 10.1. The Morgan fingerprint density at radius 1 is 1.06 bits per heavy atom. The molecule has 2 N–H and O–H groups in total. The van der Waals surface area contributed by atoms with E-state index in [-0.39, 0.29) is 18.5 Å². The van der Waals surface area contributed by atoms with E-state index in [2.05, 4.69) is 10.0 Å². The van der Waals surface area contributed by atoms with E-state index in [9.17, 15) is 13.2 Å². The lowest BCUT2D eigenvalue weighted by molar-refractivity contribution is -0.122. The number of anilines is 2. The number of methoxy groups -OCH3 is 1. The number of fused-ring (bicyclic) bond motifs is 1. The van der Waals surface area contributed by atoms with Crippen molar-refractivity contribution in [2.45, 2.75) is 44.4 Å². The summed E-state index contributed by atoms with van der Waals surface area (Å²) >= 11 is 0. The molecule has 2 aromatic carbocycles. The van der Waals surface area contributed by atoms with Crippen LogP contribution in [0.1, 0.15) is 44.6 Å². The summed E-state index contributed by atoms with van der Waals surface area (Å²) in [6.07, 6.45) is 4.50. The predicted molar refractivity (Wildman–Crippen MR) is 122 cm³/mol. The monoisotopic (exact) mass is 460 g/mol. The molecule has 2 aromatic rings. The van der Waals surface area contributed by atoms with Crippen molar-refractivity contribution in [2.24, 2.45) is 0 Å². The van der Waals surface area contributed by atoms with E-state index in [1.54, 1.807) is 25.1 Å². The third-order valence-electron chi connectivity index (χ3n) is 6.17. The van der Waals surface area contributed by atoms with Crippen LogP contribution in [0.2, 0.25) is 0 Å². The number of ether oxygens (including phenoxy) is 3. The summed E-state index contributed by atoms with van der Waals surface area (Å²) in [6.45, 7) is 1.75. The van der Waals surface area contributed by atoms with Gasteiger partial charge in [0.15, 0.2) is 11.5 Å². The summed E-state index contributed by atoms with van der Waals surface area (Å²) in [5.41, 5.74) is 1.11. The summed E-state index contributed by atoms with van der Waals surface area (Å²) in [6, 6.07) is 10.6. The van der Waals surface area contributed by atoms with Crippen LogP contribution in [-0.2, 0) is 20.2 Å². The Morgan fingerprint density at radius 3 is 2.53 bits per heavy atom. The van der Waals surface area contributed by atoms with Gasteiger partial charge < -0.3 is 19.5 Å². The van der Waals surface area contributed by atoms with Gasteiger partial charge in [0, 0.05) is 11.8 Å². The number of nitrogens with one attached hydrogen (secondary N) is 2. The molecular weight excluding hydrogens is 432 g/mol. The molecule has 1 aliphatic carbocycles. The van der Waals surface area contributed by atoms with Crippen molar-refractivity contribution in [3.63, 3.8) is 0 Å². The average molecular weight is 461 g/mol. The van der Waals surface area contributed by atoms with Gasteiger partial charge in [-0.3, -0.25) is 9.52 Å². The van der Waals surface area contributed by atoms with Crippen LogP contribution in [0, 0.1) is 0 Å². The number of carbonyl (C=O) groups excluding carboxylic acids is 1. The zero-order valence-electron chi connectivity index (χ0n) is 18.3. The highest BCUT2D eigenvalue weighted by Crippen LogP contribution is 2.44. The van der Waals surface area contributed by atoms with E-state index in [0.717, 1.165) is 37.7 Å². The number of sulfonamides is 1. The van der Waals surface area contributed by atoms with Crippen molar-refractivity contribution >= 4 is 27.3 Å². The fourth-order valence-electron chi connectivity index (χ4n) is 4.34. The Morgan fingerprint density at radius 2 is 1.81 bits per heavy atom. The van der Waals surface area contributed by atoms with Gasteiger partial charge in [-0.15, -0.1) is 0 Å². The van der Waals surface area contributed by atoms with Gasteiger partial charge >= 0.3 is 0 Å². The lowest BCUT2D eigenvalue weighted by Gasteiger charge is -2.36. The maximum Gasteiger partial charge on any atom is 0.235 e. The first-order chi connectivity index (χ1) is 15.4. The van der Waals surface area contributed by atoms with Crippen LogP contribution in [0.4, 0.5) is 11.4 Å². The van der Waals surface area contributed by atoms with Gasteiger partial charge in [-0.25, -0.2) is 8.42 Å². The molecule has 0 spiro atoms. The standard InChI is InChI=1S/C23H28N2O6S/c1-3-32(27,28)25-18-9-8-17(14-20(18)29-2)24-22(26)23(11-5-4-6-12-23)16-7-10-19-21(13-16)31-15-30-19/h7-10,13-14,25H,3-6,11-12,15H2,1-2H3,(H,24,26). The van der Waals surface area contributed by atoms with Crippen molar-refractivity contribution < 1.29 is 27.4 Å². The molecule has 0 aromatic heterocycles. The Kier molecular flexibility index (Phi) is 6.19. The predicted octanol–water partition coefficient (Wildman–Crippen LogP) is 4.03. The Labute approximate surface area is 188 Å². The van der Waals surface area contributed by atoms with Crippen LogP contribution < -0.4 is 24.2 Å². The van der Waals surface area contributed by atoms with Gasteiger partial charge in [0.05, 0.1) is 24.0 Å². The minimum atomic E-state index is -3.45. The first-order valence-corrected chi connectivity index (χ1v) is 12.4. The van der Waals surface area contributed by atoms with Crippen LogP contribution >= 0.6 is 0 Å². The minimum Gasteiger partial charge on any atom is -0.494 e. The molecule has 0 saturated heterocycles. The highest BCUT2D eigenvalue weighted by Gasteiger charge is 2.42. The Balaban J connectivity index is 1.62. The zero-order valence-corrected chi connectivity index (χ0v) is 19.1. The first kappa shape index (κ1) is 22.3. The molecule has 0 radical (unpaired) electrons. The van der Waals surface area contributed by atoms with Gasteiger partial charge in [-0.1, -0.05) is 25.3 Å². The molecule has 32 heavy (non-hydrogen) atoms. The van der Waals surface area contributed by atoms with Gasteiger partial charge in [0.1, 0.15) is 5.75 Å². The molecule has 1 aliphatic heterocycles. The lowest BCUT2D eigenvalue weighted by atomic mass is 9.68. The first-order valence-electron chi connectivity index (χ1n) is 10.8. The van der Waals surface area contributed by atoms with E-state index in [0.29, 0.717) is 28.6 Å². The zero-order chi connectivity index (χ0) is 22.8. The SMILES string of the molecule is CCS(=O)(=O)Nc1ccc(NC(=O)C2(c3ccc4c(c3)OCO4)CCCCC2)cc1OC. The molecule has 2 aliphatic rings. The van der Waals surface area contributed by atoms with Crippen molar-refractivity contribution in [3.8, 4) is 17.2 Å². The second-order valence-electron chi connectivity index (χ2n) is 8.09. The normalized spacial score (nSPS) is 16.9. The third kappa shape index (κ3) is 4.34. The lowest BCUT2D eigenvalue weighted by Crippen LogP contribution is -2.42. The van der Waals surface area contributed by atoms with Crippen molar-refractivity contribution in [3.05, 3.63) is 42.0 Å². The minimum absolute atomic E-state index is 0.0489. The van der Waals surface area contributed by atoms with Gasteiger partial charge in [0.25, 0.3) is 0 Å². The van der Waals surface area contributed by atoms with E-state index < -0.39 is 15.4 Å². The molecule has 1 saturated carbocycles. The molecule has 4 rings (SSSR count). The van der Waals surface area contributed by atoms with E-state index >= 15 is 0 Å². The summed E-state index contributed by atoms with van der Waals surface area (Å²) in [5, 5.41) is 3.03. The van der Waals surface area contributed by atoms with Crippen molar-refractivity contribution in [1.82, 2.24) is 0 Å². The summed E-state index contributed by atoms with van der Waals surface area (Å²) < 4.78 is 42.7. The smallest absolute Gasteiger partial charge is 0.235 e.